The number of hydrogen-bond donors (Lipinski definition) is 1. The highest BCUT2D eigenvalue weighted by molar-refractivity contribution is 6.22. The van der Waals surface area contributed by atoms with E-state index in [0.29, 0.717) is 22.8 Å². The van der Waals surface area contributed by atoms with Crippen LogP contribution in [0.5, 0.6) is 11.6 Å². The predicted octanol–water partition coefficient (Wildman–Crippen LogP) is 3.81. The molecular formula is C21H20ClN3O3. The number of aromatic nitrogens is 2. The molecule has 0 fully saturated rings. The third-order valence-electron chi connectivity index (χ3n) is 4.92. The maximum atomic E-state index is 10.8. The van der Waals surface area contributed by atoms with Crippen LogP contribution in [0.3, 0.4) is 0 Å². The summed E-state index contributed by atoms with van der Waals surface area (Å²) in [6.45, 7) is 3.60. The van der Waals surface area contributed by atoms with E-state index in [0.717, 1.165) is 12.1 Å². The van der Waals surface area contributed by atoms with Gasteiger partial charge in [0.05, 0.1) is 22.7 Å². The predicted molar refractivity (Wildman–Crippen MR) is 105 cm³/mol. The number of hydrogen-bond acceptors (Lipinski definition) is 5. The molecule has 0 amide bonds. The summed E-state index contributed by atoms with van der Waals surface area (Å²) in [5, 5.41) is 24.5. The van der Waals surface area contributed by atoms with Gasteiger partial charge in [-0.3, -0.25) is 0 Å². The Morgan fingerprint density at radius 1 is 1.39 bits per heavy atom. The average Bonchev–Trinajstić information content (AvgIpc) is 3.14. The number of allylic oxidation sites excluding steroid dienone is 4. The fourth-order valence-electron chi connectivity index (χ4n) is 3.34. The highest BCUT2D eigenvalue weighted by atomic mass is 35.5. The Morgan fingerprint density at radius 3 is 2.93 bits per heavy atom. The van der Waals surface area contributed by atoms with E-state index in [1.807, 2.05) is 18.2 Å². The number of halogens is 1. The first-order valence-electron chi connectivity index (χ1n) is 9.03. The molecule has 1 unspecified atom stereocenters. The minimum absolute atomic E-state index is 0.000446. The van der Waals surface area contributed by atoms with E-state index in [1.54, 1.807) is 49.0 Å². The van der Waals surface area contributed by atoms with Crippen LogP contribution >= 0.6 is 11.6 Å². The Balaban J connectivity index is 1.64. The van der Waals surface area contributed by atoms with E-state index in [1.165, 1.54) is 0 Å². The summed E-state index contributed by atoms with van der Waals surface area (Å²) in [4.78, 5) is 0. The molecule has 1 aliphatic carbocycles. The summed E-state index contributed by atoms with van der Waals surface area (Å²) in [5.74, 6) is 0.960. The summed E-state index contributed by atoms with van der Waals surface area (Å²) in [7, 11) is 0. The molecule has 0 saturated carbocycles. The Morgan fingerprint density at radius 2 is 2.21 bits per heavy atom. The number of nitriles is 1. The third kappa shape index (κ3) is 3.39. The van der Waals surface area contributed by atoms with Crippen LogP contribution in [-0.2, 0) is 0 Å². The standard InChI is InChI=1S/C21H20ClN3O3/c1-21(2)20(26)19(16-11-13(12-23)3-8-17(16)28-21)27-18-9-10-25(24-18)15-6-4-14(22)5-7-15/h3-4,6-11,14,19-20,26H,5H2,1-2H3/t14?,19-,20+/m1/s1. The van der Waals surface area contributed by atoms with E-state index in [4.69, 9.17) is 21.1 Å². The van der Waals surface area contributed by atoms with Gasteiger partial charge >= 0.3 is 0 Å². The molecule has 7 heteroatoms. The van der Waals surface area contributed by atoms with Gasteiger partial charge in [0.25, 0.3) is 0 Å². The average molecular weight is 398 g/mol. The number of nitrogens with zero attached hydrogens (tertiary/aromatic N) is 3. The van der Waals surface area contributed by atoms with Crippen molar-refractivity contribution in [2.45, 2.75) is 43.5 Å². The lowest BCUT2D eigenvalue weighted by Crippen LogP contribution is -2.50. The zero-order chi connectivity index (χ0) is 19.9. The number of ether oxygens (including phenoxy) is 2. The van der Waals surface area contributed by atoms with Crippen LogP contribution in [0.4, 0.5) is 0 Å². The minimum atomic E-state index is -0.940. The Kier molecular flexibility index (Phi) is 4.66. The van der Waals surface area contributed by atoms with Crippen LogP contribution in [0, 0.1) is 11.3 Å². The van der Waals surface area contributed by atoms with Crippen LogP contribution < -0.4 is 9.47 Å². The van der Waals surface area contributed by atoms with E-state index in [2.05, 4.69) is 11.2 Å². The number of fused-ring (bicyclic) bond motifs is 1. The van der Waals surface area contributed by atoms with E-state index < -0.39 is 17.8 Å². The molecule has 28 heavy (non-hydrogen) atoms. The molecule has 1 aliphatic heterocycles. The maximum Gasteiger partial charge on any atom is 0.233 e. The molecule has 0 saturated heterocycles. The number of aliphatic hydroxyl groups is 1. The summed E-state index contributed by atoms with van der Waals surface area (Å²) in [5.41, 5.74) is 1.16. The van der Waals surface area contributed by atoms with Gasteiger partial charge in [-0.05, 0) is 44.5 Å². The minimum Gasteiger partial charge on any atom is -0.485 e. The molecule has 0 bridgehead atoms. The van der Waals surface area contributed by atoms with Gasteiger partial charge in [-0.25, -0.2) is 4.68 Å². The van der Waals surface area contributed by atoms with Gasteiger partial charge in [0.2, 0.25) is 5.88 Å². The molecule has 6 nitrogen and oxygen atoms in total. The van der Waals surface area contributed by atoms with Crippen molar-refractivity contribution in [1.29, 1.82) is 5.26 Å². The van der Waals surface area contributed by atoms with E-state index >= 15 is 0 Å². The van der Waals surface area contributed by atoms with Gasteiger partial charge in [-0.1, -0.05) is 12.2 Å². The smallest absolute Gasteiger partial charge is 0.233 e. The van der Waals surface area contributed by atoms with Crippen molar-refractivity contribution in [1.82, 2.24) is 9.78 Å². The second kappa shape index (κ2) is 7.01. The molecule has 2 aliphatic rings. The van der Waals surface area contributed by atoms with Crippen LogP contribution in [0.15, 0.2) is 48.7 Å². The molecule has 0 radical (unpaired) electrons. The Bertz CT molecular complexity index is 1000. The molecule has 2 aromatic rings. The monoisotopic (exact) mass is 397 g/mol. The number of alkyl halides is 1. The van der Waals surface area contributed by atoms with Crippen molar-refractivity contribution in [3.8, 4) is 17.7 Å². The van der Waals surface area contributed by atoms with Crippen molar-refractivity contribution >= 4 is 17.3 Å². The van der Waals surface area contributed by atoms with Gasteiger partial charge < -0.3 is 14.6 Å². The summed E-state index contributed by atoms with van der Waals surface area (Å²) in [6, 6.07) is 8.95. The van der Waals surface area contributed by atoms with Gasteiger partial charge in [-0.15, -0.1) is 16.7 Å². The summed E-state index contributed by atoms with van der Waals surface area (Å²) in [6.07, 6.45) is 6.73. The molecule has 4 rings (SSSR count). The normalized spacial score (nSPS) is 25.2. The van der Waals surface area contributed by atoms with Crippen molar-refractivity contribution in [3.63, 3.8) is 0 Å². The fourth-order valence-corrected chi connectivity index (χ4v) is 3.50. The quantitative estimate of drug-likeness (QED) is 0.796. The Labute approximate surface area is 168 Å². The number of benzene rings is 1. The Hall–Kier alpha value is -2.75. The number of aliphatic hydroxyl groups excluding tert-OH is 1. The first-order valence-corrected chi connectivity index (χ1v) is 9.47. The van der Waals surface area contributed by atoms with Gasteiger partial charge in [0.15, 0.2) is 6.10 Å². The largest absolute Gasteiger partial charge is 0.485 e. The molecule has 2 heterocycles. The second-order valence-corrected chi connectivity index (χ2v) is 7.95. The van der Waals surface area contributed by atoms with Crippen molar-refractivity contribution in [2.24, 2.45) is 0 Å². The molecule has 3 atom stereocenters. The lowest BCUT2D eigenvalue weighted by Gasteiger charge is -2.41. The molecule has 1 aromatic heterocycles. The van der Waals surface area contributed by atoms with Crippen molar-refractivity contribution in [3.05, 3.63) is 59.8 Å². The van der Waals surface area contributed by atoms with Crippen LogP contribution in [0.1, 0.15) is 37.5 Å². The first kappa shape index (κ1) is 18.6. The van der Waals surface area contributed by atoms with E-state index in [9.17, 15) is 10.4 Å². The highest BCUT2D eigenvalue weighted by Crippen LogP contribution is 2.42. The van der Waals surface area contributed by atoms with Crippen molar-refractivity contribution < 1.29 is 14.6 Å². The molecule has 0 spiro atoms. The molecule has 1 aromatic carbocycles. The fraction of sp³-hybridized carbons (Fsp3) is 0.333. The lowest BCUT2D eigenvalue weighted by molar-refractivity contribution is -0.104. The number of rotatable bonds is 3. The SMILES string of the molecule is CC1(C)Oc2ccc(C#N)cc2[C@@H](Oc2ccn(C3=CCC(Cl)C=C3)n2)[C@@H]1O. The first-order chi connectivity index (χ1) is 13.4. The molecule has 144 valence electrons. The second-order valence-electron chi connectivity index (χ2n) is 7.39. The highest BCUT2D eigenvalue weighted by Gasteiger charge is 2.44. The van der Waals surface area contributed by atoms with Crippen molar-refractivity contribution in [2.75, 3.05) is 0 Å². The van der Waals surface area contributed by atoms with Gasteiger partial charge in [0.1, 0.15) is 17.5 Å². The zero-order valence-electron chi connectivity index (χ0n) is 15.5. The van der Waals surface area contributed by atoms with Gasteiger partial charge in [-0.2, -0.15) is 5.26 Å². The van der Waals surface area contributed by atoms with Crippen LogP contribution in [0.25, 0.3) is 5.70 Å². The van der Waals surface area contributed by atoms with Crippen LogP contribution in [-0.4, -0.2) is 32.0 Å². The zero-order valence-corrected chi connectivity index (χ0v) is 16.3. The lowest BCUT2D eigenvalue weighted by atomic mass is 9.88. The van der Waals surface area contributed by atoms with E-state index in [-0.39, 0.29) is 5.38 Å². The van der Waals surface area contributed by atoms with Crippen LogP contribution in [0.2, 0.25) is 0 Å². The maximum absolute atomic E-state index is 10.8. The summed E-state index contributed by atoms with van der Waals surface area (Å²) >= 11 is 6.07. The molecular weight excluding hydrogens is 378 g/mol. The topological polar surface area (TPSA) is 80.3 Å². The molecule has 1 N–H and O–H groups in total. The van der Waals surface area contributed by atoms with Gasteiger partial charge in [0, 0.05) is 17.8 Å². The summed E-state index contributed by atoms with van der Waals surface area (Å²) < 4.78 is 13.7. The third-order valence-corrected chi connectivity index (χ3v) is 5.25.